The molecule has 1 aliphatic rings. The van der Waals surface area contributed by atoms with Crippen LogP contribution in [0.15, 0.2) is 24.3 Å². The Morgan fingerprint density at radius 2 is 1.81 bits per heavy atom. The van der Waals surface area contributed by atoms with E-state index in [9.17, 15) is 23.6 Å². The third-order valence-corrected chi connectivity index (χ3v) is 4.24. The quantitative estimate of drug-likeness (QED) is 0.605. The Bertz CT molecular complexity index is 750. The summed E-state index contributed by atoms with van der Waals surface area (Å²) in [7, 11) is 0. The van der Waals surface area contributed by atoms with Crippen LogP contribution >= 0.6 is 0 Å². The molecule has 1 aromatic rings. The number of carbonyl (C=O) groups excluding carboxylic acids is 4. The van der Waals surface area contributed by atoms with Crippen molar-refractivity contribution in [3.05, 3.63) is 35.6 Å². The summed E-state index contributed by atoms with van der Waals surface area (Å²) in [4.78, 5) is 49.6. The summed E-state index contributed by atoms with van der Waals surface area (Å²) in [5.41, 5.74) is -0.913. The Hall–Kier alpha value is -2.97. The van der Waals surface area contributed by atoms with Gasteiger partial charge in [-0.25, -0.2) is 9.18 Å². The van der Waals surface area contributed by atoms with E-state index in [4.69, 9.17) is 0 Å². The van der Waals surface area contributed by atoms with E-state index in [2.05, 4.69) is 16.0 Å². The molecule has 2 rings (SSSR count). The third-order valence-electron chi connectivity index (χ3n) is 4.24. The average molecular weight is 378 g/mol. The molecule has 1 aromatic carbocycles. The van der Waals surface area contributed by atoms with Crippen LogP contribution in [0.5, 0.6) is 0 Å². The van der Waals surface area contributed by atoms with E-state index in [1.54, 1.807) is 20.8 Å². The number of hydrogen-bond donors (Lipinski definition) is 3. The summed E-state index contributed by atoms with van der Waals surface area (Å²) in [6.07, 6.45) is 0.234. The number of urea groups is 1. The fourth-order valence-corrected chi connectivity index (χ4v) is 2.89. The van der Waals surface area contributed by atoms with Crippen molar-refractivity contribution in [1.82, 2.24) is 20.9 Å². The lowest BCUT2D eigenvalue weighted by Gasteiger charge is -2.25. The minimum atomic E-state index is -1.35. The molecular formula is C18H23FN4O4. The maximum atomic E-state index is 13.2. The number of halogens is 1. The molecule has 1 fully saturated rings. The monoisotopic (exact) mass is 378 g/mol. The molecule has 146 valence electrons. The Labute approximate surface area is 156 Å². The highest BCUT2D eigenvalue weighted by atomic mass is 19.1. The van der Waals surface area contributed by atoms with E-state index in [1.807, 2.05) is 0 Å². The predicted molar refractivity (Wildman–Crippen MR) is 94.9 cm³/mol. The second kappa shape index (κ2) is 8.15. The maximum Gasteiger partial charge on any atom is 0.325 e. The molecule has 27 heavy (non-hydrogen) atoms. The number of rotatable bonds is 7. The number of amides is 5. The fraction of sp³-hybridized carbons (Fsp3) is 0.444. The summed E-state index contributed by atoms with van der Waals surface area (Å²) >= 11 is 0. The van der Waals surface area contributed by atoms with E-state index >= 15 is 0 Å². The zero-order chi connectivity index (χ0) is 20.2. The fourth-order valence-electron chi connectivity index (χ4n) is 2.89. The first-order valence-corrected chi connectivity index (χ1v) is 8.65. The van der Waals surface area contributed by atoms with Gasteiger partial charge in [-0.05, 0) is 38.0 Å². The second-order valence-corrected chi connectivity index (χ2v) is 6.59. The summed E-state index contributed by atoms with van der Waals surface area (Å²) in [5.74, 6) is -2.06. The van der Waals surface area contributed by atoms with Crippen molar-refractivity contribution < 1.29 is 23.6 Å². The van der Waals surface area contributed by atoms with Gasteiger partial charge < -0.3 is 16.0 Å². The molecule has 0 aromatic heterocycles. The summed E-state index contributed by atoms with van der Waals surface area (Å²) in [6.45, 7) is 4.51. The van der Waals surface area contributed by atoms with Crippen molar-refractivity contribution in [2.75, 3.05) is 13.1 Å². The Morgan fingerprint density at radius 3 is 2.37 bits per heavy atom. The van der Waals surface area contributed by atoms with Crippen LogP contribution in [-0.4, -0.2) is 47.8 Å². The molecule has 0 aliphatic carbocycles. The molecule has 3 N–H and O–H groups in total. The zero-order valence-electron chi connectivity index (χ0n) is 15.5. The van der Waals surface area contributed by atoms with Crippen LogP contribution in [0.2, 0.25) is 0 Å². The molecule has 0 spiro atoms. The second-order valence-electron chi connectivity index (χ2n) is 6.59. The van der Waals surface area contributed by atoms with E-state index in [0.29, 0.717) is 5.56 Å². The van der Waals surface area contributed by atoms with Crippen LogP contribution in [0.1, 0.15) is 32.8 Å². The SMILES string of the molecule is CC[C@@]1(c2ccc(F)cc2)NC(=O)N(CC(=O)NCC(=O)NC(C)C)C1=O. The lowest BCUT2D eigenvalue weighted by molar-refractivity contribution is -0.135. The van der Waals surface area contributed by atoms with Gasteiger partial charge in [0.25, 0.3) is 5.91 Å². The van der Waals surface area contributed by atoms with Crippen molar-refractivity contribution in [2.24, 2.45) is 0 Å². The summed E-state index contributed by atoms with van der Waals surface area (Å²) in [6, 6.07) is 4.48. The van der Waals surface area contributed by atoms with Gasteiger partial charge in [-0.3, -0.25) is 19.3 Å². The Balaban J connectivity index is 2.07. The number of hydrogen-bond acceptors (Lipinski definition) is 4. The largest absolute Gasteiger partial charge is 0.352 e. The number of imide groups is 1. The lowest BCUT2D eigenvalue weighted by Crippen LogP contribution is -2.46. The van der Waals surface area contributed by atoms with Gasteiger partial charge in [-0.1, -0.05) is 19.1 Å². The minimum Gasteiger partial charge on any atom is -0.352 e. The first-order chi connectivity index (χ1) is 12.7. The smallest absolute Gasteiger partial charge is 0.325 e. The first kappa shape index (κ1) is 20.3. The molecule has 0 bridgehead atoms. The van der Waals surface area contributed by atoms with Crippen LogP contribution in [-0.2, 0) is 19.9 Å². The summed E-state index contributed by atoms with van der Waals surface area (Å²) < 4.78 is 13.2. The molecule has 1 atom stereocenters. The molecule has 1 saturated heterocycles. The minimum absolute atomic E-state index is 0.0683. The molecule has 5 amide bonds. The van der Waals surface area contributed by atoms with Crippen LogP contribution in [0.4, 0.5) is 9.18 Å². The van der Waals surface area contributed by atoms with Crippen molar-refractivity contribution in [3.8, 4) is 0 Å². The van der Waals surface area contributed by atoms with Gasteiger partial charge >= 0.3 is 6.03 Å². The maximum absolute atomic E-state index is 13.2. The van der Waals surface area contributed by atoms with Gasteiger partial charge in [0.05, 0.1) is 6.54 Å². The van der Waals surface area contributed by atoms with Crippen LogP contribution < -0.4 is 16.0 Å². The molecule has 9 heteroatoms. The van der Waals surface area contributed by atoms with Gasteiger partial charge in [0.1, 0.15) is 17.9 Å². The van der Waals surface area contributed by atoms with Crippen molar-refractivity contribution in [3.63, 3.8) is 0 Å². The third kappa shape index (κ3) is 4.42. The standard InChI is InChI=1S/C18H23FN4O4/c1-4-18(12-5-7-13(19)8-6-12)16(26)23(17(27)22-18)10-15(25)20-9-14(24)21-11(2)3/h5-8,11H,4,9-10H2,1-3H3,(H,20,25)(H,21,24)(H,22,27)/t18-/m0/s1. The molecular weight excluding hydrogens is 355 g/mol. The molecule has 1 aliphatic heterocycles. The molecule has 0 radical (unpaired) electrons. The van der Waals surface area contributed by atoms with Crippen LogP contribution in [0.25, 0.3) is 0 Å². The number of benzene rings is 1. The molecule has 0 saturated carbocycles. The highest BCUT2D eigenvalue weighted by Gasteiger charge is 2.51. The summed E-state index contributed by atoms with van der Waals surface area (Å²) in [5, 5.41) is 7.59. The lowest BCUT2D eigenvalue weighted by atomic mass is 9.87. The Morgan fingerprint density at radius 1 is 1.19 bits per heavy atom. The van der Waals surface area contributed by atoms with Crippen molar-refractivity contribution in [1.29, 1.82) is 0 Å². The van der Waals surface area contributed by atoms with Crippen LogP contribution in [0, 0.1) is 5.82 Å². The highest BCUT2D eigenvalue weighted by Crippen LogP contribution is 2.32. The topological polar surface area (TPSA) is 108 Å². The molecule has 0 unspecified atom stereocenters. The number of nitrogens with zero attached hydrogens (tertiary/aromatic N) is 1. The van der Waals surface area contributed by atoms with Crippen molar-refractivity contribution in [2.45, 2.75) is 38.8 Å². The number of nitrogens with one attached hydrogen (secondary N) is 3. The van der Waals surface area contributed by atoms with E-state index in [-0.39, 0.29) is 24.9 Å². The first-order valence-electron chi connectivity index (χ1n) is 8.65. The number of carbonyl (C=O) groups is 4. The van der Waals surface area contributed by atoms with Crippen molar-refractivity contribution >= 4 is 23.8 Å². The predicted octanol–water partition coefficient (Wildman–Crippen LogP) is 0.624. The van der Waals surface area contributed by atoms with Gasteiger partial charge in [-0.2, -0.15) is 0 Å². The van der Waals surface area contributed by atoms with E-state index in [1.165, 1.54) is 24.3 Å². The van der Waals surface area contributed by atoms with Gasteiger partial charge in [0.15, 0.2) is 0 Å². The van der Waals surface area contributed by atoms with Gasteiger partial charge in [-0.15, -0.1) is 0 Å². The molecule has 8 nitrogen and oxygen atoms in total. The van der Waals surface area contributed by atoms with Crippen LogP contribution in [0.3, 0.4) is 0 Å². The normalized spacial score (nSPS) is 19.2. The van der Waals surface area contributed by atoms with Gasteiger partial charge in [0.2, 0.25) is 11.8 Å². The van der Waals surface area contributed by atoms with Gasteiger partial charge in [0, 0.05) is 6.04 Å². The average Bonchev–Trinajstić information content (AvgIpc) is 2.85. The molecule has 1 heterocycles. The Kier molecular flexibility index (Phi) is 6.14. The zero-order valence-corrected chi connectivity index (χ0v) is 15.5. The highest BCUT2D eigenvalue weighted by molar-refractivity contribution is 6.09. The van der Waals surface area contributed by atoms with E-state index in [0.717, 1.165) is 4.90 Å². The van der Waals surface area contributed by atoms with E-state index < -0.39 is 35.7 Å².